The first kappa shape index (κ1) is 16.8. The van der Waals surface area contributed by atoms with Crippen LogP contribution in [0, 0.1) is 0 Å². The molecule has 0 radical (unpaired) electrons. The van der Waals surface area contributed by atoms with Gasteiger partial charge in [0.2, 0.25) is 5.95 Å². The van der Waals surface area contributed by atoms with Crippen LogP contribution < -0.4 is 5.73 Å². The normalized spacial score (nSPS) is 11.4. The van der Waals surface area contributed by atoms with Crippen LogP contribution in [0.5, 0.6) is 0 Å². The van der Waals surface area contributed by atoms with Crippen molar-refractivity contribution in [3.05, 3.63) is 77.8 Å². The predicted molar refractivity (Wildman–Crippen MR) is 116 cm³/mol. The van der Waals surface area contributed by atoms with Gasteiger partial charge in [-0.15, -0.1) is 0 Å². The van der Waals surface area contributed by atoms with Gasteiger partial charge in [-0.05, 0) is 36.4 Å². The van der Waals surface area contributed by atoms with Crippen molar-refractivity contribution in [1.82, 2.24) is 14.5 Å². The summed E-state index contributed by atoms with van der Waals surface area (Å²) in [5.74, 6) is 0.250. The summed E-state index contributed by atoms with van der Waals surface area (Å²) in [6.45, 7) is 0. The molecule has 5 heteroatoms. The van der Waals surface area contributed by atoms with Crippen LogP contribution in [0.1, 0.15) is 0 Å². The van der Waals surface area contributed by atoms with Crippen LogP contribution >= 0.6 is 11.6 Å². The number of hydrogen-bond donors (Lipinski definition) is 1. The number of aromatic nitrogens is 3. The summed E-state index contributed by atoms with van der Waals surface area (Å²) < 4.78 is 2.21. The summed E-state index contributed by atoms with van der Waals surface area (Å²) in [6.07, 6.45) is 0. The van der Waals surface area contributed by atoms with Gasteiger partial charge in [0.15, 0.2) is 0 Å². The summed E-state index contributed by atoms with van der Waals surface area (Å²) in [5.41, 5.74) is 11.9. The second-order valence-corrected chi connectivity index (χ2v) is 7.25. The summed E-state index contributed by atoms with van der Waals surface area (Å²) in [6, 6.07) is 24.3. The van der Waals surface area contributed by atoms with Crippen LogP contribution in [0.15, 0.2) is 72.8 Å². The molecule has 0 spiro atoms. The Bertz CT molecular complexity index is 1340. The lowest BCUT2D eigenvalue weighted by atomic mass is 10.0. The van der Waals surface area contributed by atoms with Crippen molar-refractivity contribution in [3.8, 4) is 22.5 Å². The van der Waals surface area contributed by atoms with E-state index in [0.717, 1.165) is 22.5 Å². The van der Waals surface area contributed by atoms with Gasteiger partial charge in [-0.3, -0.25) is 0 Å². The van der Waals surface area contributed by atoms with E-state index >= 15 is 0 Å². The number of benzene rings is 3. The van der Waals surface area contributed by atoms with Gasteiger partial charge in [0, 0.05) is 45.0 Å². The highest BCUT2D eigenvalue weighted by Gasteiger charge is 2.11. The van der Waals surface area contributed by atoms with Gasteiger partial charge in [0.05, 0.1) is 11.4 Å². The standard InChI is InChI=1S/C23H17ClN4/c1-28-21-5-3-2-4-17(21)18-12-15(8-11-22(18)28)20-13-19(26-23(25)27-20)14-6-9-16(24)10-7-14/h2-13H,1H3,(H2,25,26,27). The first-order valence-electron chi connectivity index (χ1n) is 8.98. The van der Waals surface area contributed by atoms with Crippen LogP contribution in [0.25, 0.3) is 44.3 Å². The second-order valence-electron chi connectivity index (χ2n) is 6.81. The van der Waals surface area contributed by atoms with Gasteiger partial charge in [-0.2, -0.15) is 0 Å². The Labute approximate surface area is 167 Å². The molecular formula is C23H17ClN4. The highest BCUT2D eigenvalue weighted by Crippen LogP contribution is 2.32. The Morgan fingerprint density at radius 1 is 0.750 bits per heavy atom. The van der Waals surface area contributed by atoms with Gasteiger partial charge in [-0.25, -0.2) is 9.97 Å². The number of nitrogens with zero attached hydrogens (tertiary/aromatic N) is 3. The minimum Gasteiger partial charge on any atom is -0.368 e. The van der Waals surface area contributed by atoms with Gasteiger partial charge in [0.25, 0.3) is 0 Å². The third-order valence-corrected chi connectivity index (χ3v) is 5.34. The van der Waals surface area contributed by atoms with Gasteiger partial charge in [0.1, 0.15) is 0 Å². The molecule has 0 aliphatic rings. The average Bonchev–Trinajstić information content (AvgIpc) is 3.00. The number of nitrogen functional groups attached to an aromatic ring is 1. The number of anilines is 1. The number of fused-ring (bicyclic) bond motifs is 3. The van der Waals surface area contributed by atoms with Crippen LogP contribution in [-0.2, 0) is 7.05 Å². The maximum atomic E-state index is 6.02. The molecule has 0 unspecified atom stereocenters. The molecule has 0 aliphatic carbocycles. The zero-order valence-corrected chi connectivity index (χ0v) is 16.0. The molecule has 28 heavy (non-hydrogen) atoms. The van der Waals surface area contributed by atoms with Crippen molar-refractivity contribution in [2.45, 2.75) is 0 Å². The van der Waals surface area contributed by atoms with Crippen molar-refractivity contribution >= 4 is 39.4 Å². The van der Waals surface area contributed by atoms with Crippen molar-refractivity contribution in [2.24, 2.45) is 7.05 Å². The molecule has 3 aromatic carbocycles. The smallest absolute Gasteiger partial charge is 0.221 e. The Balaban J connectivity index is 1.69. The molecule has 5 aromatic rings. The van der Waals surface area contributed by atoms with Gasteiger partial charge in [-0.1, -0.05) is 48.0 Å². The third-order valence-electron chi connectivity index (χ3n) is 5.09. The zero-order chi connectivity index (χ0) is 19.3. The SMILES string of the molecule is Cn1c2ccccc2c2cc(-c3cc(-c4ccc(Cl)cc4)nc(N)n3)ccc21. The Morgan fingerprint density at radius 3 is 2.18 bits per heavy atom. The monoisotopic (exact) mass is 384 g/mol. The Kier molecular flexibility index (Phi) is 3.81. The number of halogens is 1. The lowest BCUT2D eigenvalue weighted by Gasteiger charge is -2.07. The molecule has 5 rings (SSSR count). The lowest BCUT2D eigenvalue weighted by Crippen LogP contribution is -1.98. The minimum atomic E-state index is 0.250. The first-order chi connectivity index (χ1) is 13.6. The highest BCUT2D eigenvalue weighted by molar-refractivity contribution is 6.30. The molecule has 4 nitrogen and oxygen atoms in total. The zero-order valence-electron chi connectivity index (χ0n) is 15.2. The van der Waals surface area contributed by atoms with Gasteiger partial charge < -0.3 is 10.3 Å². The van der Waals surface area contributed by atoms with E-state index in [-0.39, 0.29) is 5.95 Å². The molecule has 0 bridgehead atoms. The van der Waals surface area contributed by atoms with E-state index in [0.29, 0.717) is 5.02 Å². The molecule has 0 amide bonds. The van der Waals surface area contributed by atoms with Crippen molar-refractivity contribution in [3.63, 3.8) is 0 Å². The van der Waals surface area contributed by atoms with Crippen molar-refractivity contribution in [2.75, 3.05) is 5.73 Å². The fraction of sp³-hybridized carbons (Fsp3) is 0.0435. The summed E-state index contributed by atoms with van der Waals surface area (Å²) in [5, 5.41) is 3.11. The molecule has 0 atom stereocenters. The third kappa shape index (κ3) is 2.70. The van der Waals surface area contributed by atoms with E-state index < -0.39 is 0 Å². The lowest BCUT2D eigenvalue weighted by molar-refractivity contribution is 1.01. The molecule has 0 aliphatic heterocycles. The van der Waals surface area contributed by atoms with Crippen LogP contribution in [0.2, 0.25) is 5.02 Å². The van der Waals surface area contributed by atoms with Crippen LogP contribution in [0.4, 0.5) is 5.95 Å². The van der Waals surface area contributed by atoms with Crippen molar-refractivity contribution in [1.29, 1.82) is 0 Å². The Morgan fingerprint density at radius 2 is 1.39 bits per heavy atom. The molecular weight excluding hydrogens is 368 g/mol. The van der Waals surface area contributed by atoms with Crippen LogP contribution in [-0.4, -0.2) is 14.5 Å². The quantitative estimate of drug-likeness (QED) is 0.425. The van der Waals surface area contributed by atoms with Crippen molar-refractivity contribution < 1.29 is 0 Å². The molecule has 0 fully saturated rings. The fourth-order valence-corrected chi connectivity index (χ4v) is 3.84. The number of hydrogen-bond acceptors (Lipinski definition) is 3. The van der Waals surface area contributed by atoms with Crippen LogP contribution in [0.3, 0.4) is 0 Å². The molecule has 2 N–H and O–H groups in total. The fourth-order valence-electron chi connectivity index (χ4n) is 3.71. The van der Waals surface area contributed by atoms with Gasteiger partial charge >= 0.3 is 0 Å². The first-order valence-corrected chi connectivity index (χ1v) is 9.36. The molecule has 0 saturated carbocycles. The largest absolute Gasteiger partial charge is 0.368 e. The predicted octanol–water partition coefficient (Wildman–Crippen LogP) is 5.69. The maximum Gasteiger partial charge on any atom is 0.221 e. The van der Waals surface area contributed by atoms with E-state index in [9.17, 15) is 0 Å². The topological polar surface area (TPSA) is 56.7 Å². The van der Waals surface area contributed by atoms with E-state index in [1.54, 1.807) is 0 Å². The number of rotatable bonds is 2. The van der Waals surface area contributed by atoms with E-state index in [1.165, 1.54) is 21.8 Å². The molecule has 2 heterocycles. The number of aryl methyl sites for hydroxylation is 1. The Hall–Kier alpha value is -3.37. The molecule has 2 aromatic heterocycles. The summed E-state index contributed by atoms with van der Waals surface area (Å²) >= 11 is 6.00. The summed E-state index contributed by atoms with van der Waals surface area (Å²) in [4.78, 5) is 8.87. The van der Waals surface area contributed by atoms with E-state index in [4.69, 9.17) is 17.3 Å². The maximum absolute atomic E-state index is 6.02. The highest BCUT2D eigenvalue weighted by atomic mass is 35.5. The van der Waals surface area contributed by atoms with E-state index in [1.807, 2.05) is 30.3 Å². The number of para-hydroxylation sites is 1. The number of nitrogens with two attached hydrogens (primary N) is 1. The second kappa shape index (κ2) is 6.36. The minimum absolute atomic E-state index is 0.250. The van der Waals surface area contributed by atoms with E-state index in [2.05, 4.69) is 64.0 Å². The average molecular weight is 385 g/mol. The summed E-state index contributed by atoms with van der Waals surface area (Å²) in [7, 11) is 2.09. The molecule has 136 valence electrons. The molecule has 0 saturated heterocycles.